The van der Waals surface area contributed by atoms with Gasteiger partial charge in [-0.25, -0.2) is 14.4 Å². The molecule has 60 heavy (non-hydrogen) atoms. The van der Waals surface area contributed by atoms with Gasteiger partial charge in [-0.15, -0.1) is 12.3 Å². The lowest BCUT2D eigenvalue weighted by Gasteiger charge is -1.81. The van der Waals surface area contributed by atoms with E-state index in [1.165, 1.54) is 74.4 Å². The molecule has 0 aromatic carbocycles. The number of carboxylic acids is 1. The Morgan fingerprint density at radius 2 is 0.550 bits per heavy atom. The summed E-state index contributed by atoms with van der Waals surface area (Å²) in [6.07, 6.45) is 4.60. The molecule has 0 unspecified atom stereocenters. The van der Waals surface area contributed by atoms with E-state index in [4.69, 9.17) is 32.6 Å². The summed E-state index contributed by atoms with van der Waals surface area (Å²) in [7, 11) is 50.7. The van der Waals surface area contributed by atoms with E-state index >= 15 is 0 Å². The minimum atomic E-state index is -1.07. The third kappa shape index (κ3) is 125. The molecule has 0 aromatic heterocycles. The normalized spacial score (nSPS) is 6.25. The molecule has 0 amide bonds. The van der Waals surface area contributed by atoms with Gasteiger partial charge in [-0.2, -0.15) is 0 Å². The van der Waals surface area contributed by atoms with E-state index in [2.05, 4.69) is 96.2 Å². The molecule has 0 rings (SSSR count). The highest BCUT2D eigenvalue weighted by Gasteiger charge is 1.85. The van der Waals surface area contributed by atoms with Crippen molar-refractivity contribution in [2.75, 3.05) is 21.3 Å². The van der Waals surface area contributed by atoms with Gasteiger partial charge >= 0.3 is 17.9 Å². The standard InChI is InChI=1S/2C5H6O2.C4H4O2.C3H4.CH4O.S13.S12.S10/c2*1-3-4-5(6)7-2;1-2-3-4(5)6;1-3-2;1-2;1-3-5-7-9-11-13-12-10-8-6-4-2;1-3-5-7-9-11-12-10-8-6-4-2;1-3-5-7-9-10-8-6-4-2/h2*1-2H3;1H3,(H,5,6);1H,2H3;2H,1H3;;;. The molecule has 0 bridgehead atoms. The summed E-state index contributed by atoms with van der Waals surface area (Å²) in [5.41, 5.74) is 0. The zero-order chi connectivity index (χ0) is 47.6. The number of esters is 2. The zero-order valence-electron chi connectivity index (χ0n) is 29.8. The van der Waals surface area contributed by atoms with Crippen molar-refractivity contribution in [1.82, 2.24) is 0 Å². The van der Waals surface area contributed by atoms with Crippen molar-refractivity contribution in [3.8, 4) is 47.9 Å². The highest BCUT2D eigenvalue weighted by Crippen LogP contribution is 1.65. The van der Waals surface area contributed by atoms with E-state index in [9.17, 15) is 14.4 Å². The summed E-state index contributed by atoms with van der Waals surface area (Å²) in [5.74, 6) is 13.5. The summed E-state index contributed by atoms with van der Waals surface area (Å²) >= 11 is 28.1. The highest BCUT2D eigenvalue weighted by molar-refractivity contribution is 8.77. The average Bonchev–Trinajstić information content (AvgIpc) is 3.25. The van der Waals surface area contributed by atoms with Gasteiger partial charge < -0.3 is 19.7 Å². The Kier molecular flexibility index (Phi) is 126. The van der Waals surface area contributed by atoms with E-state index in [1.54, 1.807) is 225 Å². The summed E-state index contributed by atoms with van der Waals surface area (Å²) in [6.45, 7) is 6.29. The van der Waals surface area contributed by atoms with E-state index in [0.29, 0.717) is 0 Å². The summed E-state index contributed by atoms with van der Waals surface area (Å²) in [5, 5.41) is 14.7. The van der Waals surface area contributed by atoms with Crippen molar-refractivity contribution in [2.45, 2.75) is 27.7 Å². The van der Waals surface area contributed by atoms with Crippen LogP contribution in [0.1, 0.15) is 27.7 Å². The Hall–Kier alpha value is 4.31. The quantitative estimate of drug-likeness (QED) is 0.202. The van der Waals surface area contributed by atoms with Crippen molar-refractivity contribution in [2.24, 2.45) is 0 Å². The number of aliphatic hydroxyl groups excluding tert-OH is 1. The Bertz CT molecular complexity index is 2690. The number of aliphatic hydroxyl groups is 1. The van der Waals surface area contributed by atoms with Crippen molar-refractivity contribution in [3.63, 3.8) is 0 Å². The Labute approximate surface area is 463 Å². The number of carboxylic acid groups (broad SMARTS) is 1. The monoisotopic (exact) mass is 1470 g/mol. The predicted molar refractivity (Wildman–Crippen MR) is 352 cm³/mol. The molecule has 0 atom stereocenters. The fourth-order valence-corrected chi connectivity index (χ4v) is 63.8. The molecule has 0 heterocycles. The Morgan fingerprint density at radius 1 is 0.400 bits per heavy atom. The first kappa shape index (κ1) is 81.3. The Morgan fingerprint density at radius 3 is 0.617 bits per heavy atom. The number of terminal acetylenes is 1. The number of carbonyl (C=O) groups is 3. The Balaban J connectivity index is -0.0000000898. The summed E-state index contributed by atoms with van der Waals surface area (Å²) in [6, 6.07) is 0. The average molecular weight is 1470 g/mol. The molecule has 0 saturated carbocycles. The van der Waals surface area contributed by atoms with Crippen LogP contribution in [0.2, 0.25) is 0 Å². The maximum atomic E-state index is 10.0. The van der Waals surface area contributed by atoms with Crippen LogP contribution in [0.15, 0.2) is 0 Å². The molecule has 0 radical (unpaired) electrons. The van der Waals surface area contributed by atoms with Gasteiger partial charge in [0.2, 0.25) is 0 Å². The predicted octanol–water partition coefficient (Wildman–Crippen LogP) is 0.624. The third-order valence-electron chi connectivity index (χ3n) is 1.78. The second kappa shape index (κ2) is 93.4. The fraction of sp³-hybridized carbons (Fsp3) is 0.389. The smallest absolute Gasteiger partial charge is 0.384 e. The van der Waals surface area contributed by atoms with Crippen LogP contribution in [-0.4, -0.2) is 49.5 Å². The number of rotatable bonds is 0. The van der Waals surface area contributed by atoms with Crippen LogP contribution in [0.5, 0.6) is 0 Å². The number of methoxy groups -OCH3 is 2. The first-order valence-electron chi connectivity index (χ1n) is 11.6. The minimum Gasteiger partial charge on any atom is -0.472 e. The molecule has 7 nitrogen and oxygen atoms in total. The van der Waals surface area contributed by atoms with Gasteiger partial charge in [0.15, 0.2) is 0 Å². The van der Waals surface area contributed by atoms with Crippen LogP contribution in [0.4, 0.5) is 0 Å². The lowest BCUT2D eigenvalue weighted by molar-refractivity contribution is -0.134. The molecule has 0 fully saturated rings. The molecular weight excluding hydrogens is 1450 g/mol. The van der Waals surface area contributed by atoms with Crippen LogP contribution in [-0.2, 0) is 349 Å². The van der Waals surface area contributed by atoms with Crippen LogP contribution >= 0.6 is 0 Å². The van der Waals surface area contributed by atoms with E-state index < -0.39 is 17.9 Å². The van der Waals surface area contributed by atoms with Gasteiger partial charge in [-0.1, -0.05) is 17.8 Å². The van der Waals surface area contributed by atoms with Crippen LogP contribution in [0, 0.1) is 47.9 Å². The molecule has 0 aliphatic carbocycles. The maximum Gasteiger partial charge on any atom is 0.384 e. The number of hydrogen-bond donors (Lipinski definition) is 2. The topological polar surface area (TPSA) is 110 Å². The molecular formula is C18H24O7S35. The highest BCUT2D eigenvalue weighted by atomic mass is 33.5. The molecule has 42 heteroatoms. The number of aliphatic carboxylic acids is 1. The first-order valence-corrected chi connectivity index (χ1v) is 54.3. The van der Waals surface area contributed by atoms with Gasteiger partial charge in [0, 0.05) is 350 Å². The second-order valence-electron chi connectivity index (χ2n) is 4.68. The summed E-state index contributed by atoms with van der Waals surface area (Å²) in [4.78, 5) is 29.5. The largest absolute Gasteiger partial charge is 0.472 e. The van der Waals surface area contributed by atoms with Crippen LogP contribution in [0.3, 0.4) is 0 Å². The number of ether oxygens (including phenoxy) is 2. The van der Waals surface area contributed by atoms with Gasteiger partial charge in [0.05, 0.1) is 14.2 Å². The molecule has 0 spiro atoms. The molecule has 0 saturated heterocycles. The molecule has 0 aliphatic heterocycles. The van der Waals surface area contributed by atoms with Gasteiger partial charge in [-0.05, 0) is 27.7 Å². The second-order valence-corrected chi connectivity index (χ2v) is 56.0. The first-order chi connectivity index (χ1) is 29.0. The number of carbonyl (C=O) groups excluding carboxylic acids is 2. The lowest BCUT2D eigenvalue weighted by Crippen LogP contribution is -1.93. The van der Waals surface area contributed by atoms with Crippen molar-refractivity contribution in [3.05, 3.63) is 0 Å². The van der Waals surface area contributed by atoms with Gasteiger partial charge in [0.25, 0.3) is 0 Å². The SMILES string of the molecule is C#CC.CC#CC(=O)O.CC#CC(=O)OC.CC#CC(=O)OC.CO.S=S=S=S=S=S=S=S=S=S.S=S=S=S=S=S=S=S=S=S=S=S.S=S=S=S=S=S=S=S=S=S=S=S=S. The fourth-order valence-electron chi connectivity index (χ4n) is 0.674. The maximum absolute atomic E-state index is 10.0. The van der Waals surface area contributed by atoms with Crippen LogP contribution in [0.25, 0.3) is 0 Å². The molecule has 348 valence electrons. The molecule has 0 aliphatic rings. The van der Waals surface area contributed by atoms with E-state index in [1.807, 2.05) is 5.92 Å². The van der Waals surface area contributed by atoms with E-state index in [-0.39, 0.29) is 0 Å². The van der Waals surface area contributed by atoms with Gasteiger partial charge in [-0.3, -0.25) is 0 Å². The van der Waals surface area contributed by atoms with Crippen molar-refractivity contribution in [1.29, 1.82) is 0 Å². The number of hydrogen-bond acceptors (Lipinski definition) is 12. The van der Waals surface area contributed by atoms with Crippen molar-refractivity contribution >= 4 is 343 Å². The summed E-state index contributed by atoms with van der Waals surface area (Å²) < 4.78 is 8.36. The third-order valence-corrected chi connectivity index (χ3v) is 59.6. The van der Waals surface area contributed by atoms with Crippen molar-refractivity contribution < 1.29 is 34.1 Å². The lowest BCUT2D eigenvalue weighted by atomic mass is 10.6. The minimum absolute atomic E-state index is 0.484. The van der Waals surface area contributed by atoms with Gasteiger partial charge in [0.1, 0.15) is 0 Å². The van der Waals surface area contributed by atoms with E-state index in [0.717, 1.165) is 7.11 Å². The van der Waals surface area contributed by atoms with Crippen LogP contribution < -0.4 is 0 Å². The molecule has 2 N–H and O–H groups in total. The zero-order valence-corrected chi connectivity index (χ0v) is 58.4. The molecule has 0 aromatic rings.